The van der Waals surface area contributed by atoms with Gasteiger partial charge in [0.25, 0.3) is 0 Å². The number of carboxylic acids is 1. The van der Waals surface area contributed by atoms with Crippen LogP contribution in [-0.4, -0.2) is 47.7 Å². The van der Waals surface area contributed by atoms with Gasteiger partial charge in [-0.2, -0.15) is 0 Å². The smallest absolute Gasteiger partial charge is 0.323 e. The summed E-state index contributed by atoms with van der Waals surface area (Å²) in [5.74, 6) is 0.789. The van der Waals surface area contributed by atoms with Crippen molar-refractivity contribution in [3.05, 3.63) is 0 Å². The van der Waals surface area contributed by atoms with Gasteiger partial charge in [-0.3, -0.25) is 9.69 Å². The van der Waals surface area contributed by atoms with E-state index in [0.717, 1.165) is 44.2 Å². The molecule has 0 radical (unpaired) electrons. The van der Waals surface area contributed by atoms with Crippen LogP contribution < -0.4 is 5.32 Å². The summed E-state index contributed by atoms with van der Waals surface area (Å²) in [5, 5.41) is 12.4. The number of hydrogen-bond donors (Lipinski definition) is 2. The van der Waals surface area contributed by atoms with Crippen molar-refractivity contribution >= 4 is 5.97 Å². The molecule has 1 saturated heterocycles. The van der Waals surface area contributed by atoms with Crippen LogP contribution in [0.15, 0.2) is 0 Å². The van der Waals surface area contributed by atoms with Crippen molar-refractivity contribution in [2.75, 3.05) is 20.1 Å². The first-order valence-corrected chi connectivity index (χ1v) is 6.65. The predicted octanol–water partition coefficient (Wildman–Crippen LogP) is 1.17. The summed E-state index contributed by atoms with van der Waals surface area (Å²) in [4.78, 5) is 13.9. The maximum Gasteiger partial charge on any atom is 0.323 e. The van der Waals surface area contributed by atoms with Gasteiger partial charge in [0.2, 0.25) is 0 Å². The zero-order valence-electron chi connectivity index (χ0n) is 11.1. The average molecular weight is 240 g/mol. The average Bonchev–Trinajstić information content (AvgIpc) is 2.84. The summed E-state index contributed by atoms with van der Waals surface area (Å²) in [7, 11) is 1.77. The highest BCUT2D eigenvalue weighted by atomic mass is 16.4. The van der Waals surface area contributed by atoms with Gasteiger partial charge in [0.15, 0.2) is 0 Å². The Hall–Kier alpha value is -0.610. The van der Waals surface area contributed by atoms with E-state index in [1.54, 1.807) is 7.05 Å². The van der Waals surface area contributed by atoms with Crippen molar-refractivity contribution in [3.63, 3.8) is 0 Å². The summed E-state index contributed by atoms with van der Waals surface area (Å²) in [6.07, 6.45) is 2.51. The Morgan fingerprint density at radius 1 is 1.35 bits per heavy atom. The number of nitrogens with one attached hydrogen (secondary N) is 1. The fraction of sp³-hybridized carbons (Fsp3) is 0.923. The number of carbonyl (C=O) groups is 1. The van der Waals surface area contributed by atoms with Crippen LogP contribution in [0.5, 0.6) is 0 Å². The Balaban J connectivity index is 2.00. The van der Waals surface area contributed by atoms with Crippen molar-refractivity contribution in [1.82, 2.24) is 10.2 Å². The second kappa shape index (κ2) is 4.58. The zero-order chi connectivity index (χ0) is 12.6. The minimum absolute atomic E-state index is 0.450. The molecule has 98 valence electrons. The lowest BCUT2D eigenvalue weighted by Gasteiger charge is -2.27. The maximum atomic E-state index is 11.4. The molecule has 0 aromatic carbocycles. The molecule has 0 amide bonds. The second-order valence-corrected chi connectivity index (χ2v) is 5.94. The van der Waals surface area contributed by atoms with Gasteiger partial charge in [-0.05, 0) is 38.1 Å². The van der Waals surface area contributed by atoms with Gasteiger partial charge < -0.3 is 10.4 Å². The van der Waals surface area contributed by atoms with Crippen LogP contribution in [0.2, 0.25) is 0 Å². The molecule has 4 unspecified atom stereocenters. The first-order chi connectivity index (χ1) is 7.98. The highest BCUT2D eigenvalue weighted by molar-refractivity contribution is 5.79. The fourth-order valence-corrected chi connectivity index (χ4v) is 3.33. The largest absolute Gasteiger partial charge is 0.480 e. The third-order valence-electron chi connectivity index (χ3n) is 4.91. The Kier molecular flexibility index (Phi) is 3.46. The second-order valence-electron chi connectivity index (χ2n) is 5.94. The van der Waals surface area contributed by atoms with Crippen LogP contribution in [0, 0.1) is 11.8 Å². The standard InChI is InChI=1S/C13H24N2O2/c1-9-7-15(8-10(9)2)11-4-5-13(6-11,14-3)12(16)17/h9-11,14H,4-8H2,1-3H3,(H,16,17). The van der Waals surface area contributed by atoms with E-state index in [9.17, 15) is 9.90 Å². The summed E-state index contributed by atoms with van der Waals surface area (Å²) >= 11 is 0. The van der Waals surface area contributed by atoms with Crippen LogP contribution in [0.25, 0.3) is 0 Å². The summed E-state index contributed by atoms with van der Waals surface area (Å²) < 4.78 is 0. The maximum absolute atomic E-state index is 11.4. The summed E-state index contributed by atoms with van der Waals surface area (Å²) in [6.45, 7) is 6.85. The molecule has 0 aromatic heterocycles. The quantitative estimate of drug-likeness (QED) is 0.777. The number of likely N-dealkylation sites (tertiary alicyclic amines) is 1. The molecule has 2 rings (SSSR count). The highest BCUT2D eigenvalue weighted by Crippen LogP contribution is 2.36. The van der Waals surface area contributed by atoms with Gasteiger partial charge in [0.1, 0.15) is 5.54 Å². The zero-order valence-corrected chi connectivity index (χ0v) is 11.1. The van der Waals surface area contributed by atoms with Crippen LogP contribution in [0.3, 0.4) is 0 Å². The van der Waals surface area contributed by atoms with Gasteiger partial charge in [-0.15, -0.1) is 0 Å². The van der Waals surface area contributed by atoms with E-state index < -0.39 is 11.5 Å². The monoisotopic (exact) mass is 240 g/mol. The minimum atomic E-state index is -0.692. The Labute approximate surface area is 103 Å². The predicted molar refractivity (Wildman–Crippen MR) is 67.0 cm³/mol. The molecule has 4 nitrogen and oxygen atoms in total. The first-order valence-electron chi connectivity index (χ1n) is 6.65. The lowest BCUT2D eigenvalue weighted by molar-refractivity contribution is -0.144. The molecule has 2 N–H and O–H groups in total. The van der Waals surface area contributed by atoms with E-state index in [1.807, 2.05) is 0 Å². The third-order valence-corrected chi connectivity index (χ3v) is 4.91. The number of rotatable bonds is 3. The van der Waals surface area contributed by atoms with Gasteiger partial charge in [-0.25, -0.2) is 0 Å². The lowest BCUT2D eigenvalue weighted by atomic mass is 9.98. The number of carboxylic acid groups (broad SMARTS) is 1. The van der Waals surface area contributed by atoms with Crippen molar-refractivity contribution < 1.29 is 9.90 Å². The van der Waals surface area contributed by atoms with Gasteiger partial charge in [-0.1, -0.05) is 13.8 Å². The number of aliphatic carboxylic acids is 1. The molecule has 17 heavy (non-hydrogen) atoms. The SMILES string of the molecule is CNC1(C(=O)O)CCC(N2CC(C)C(C)C2)C1. The molecule has 4 atom stereocenters. The molecular formula is C13H24N2O2. The molecule has 0 bridgehead atoms. The van der Waals surface area contributed by atoms with Crippen molar-refractivity contribution in [3.8, 4) is 0 Å². The Morgan fingerprint density at radius 2 is 1.94 bits per heavy atom. The van der Waals surface area contributed by atoms with Crippen LogP contribution in [0.4, 0.5) is 0 Å². The molecule has 0 aromatic rings. The molecule has 1 aliphatic carbocycles. The molecule has 4 heteroatoms. The van der Waals surface area contributed by atoms with E-state index in [4.69, 9.17) is 0 Å². The molecule has 1 saturated carbocycles. The first kappa shape index (κ1) is 12.8. The highest BCUT2D eigenvalue weighted by Gasteiger charge is 2.47. The summed E-state index contributed by atoms with van der Waals surface area (Å²) in [6, 6.07) is 0.450. The Morgan fingerprint density at radius 3 is 2.35 bits per heavy atom. The molecule has 2 fully saturated rings. The summed E-state index contributed by atoms with van der Waals surface area (Å²) in [5.41, 5.74) is -0.681. The molecule has 2 aliphatic rings. The Bertz CT molecular complexity index is 298. The van der Waals surface area contributed by atoms with Crippen molar-refractivity contribution in [2.45, 2.75) is 44.7 Å². The van der Waals surface area contributed by atoms with E-state index in [1.165, 1.54) is 0 Å². The van der Waals surface area contributed by atoms with Crippen molar-refractivity contribution in [2.24, 2.45) is 11.8 Å². The van der Waals surface area contributed by atoms with E-state index in [2.05, 4.69) is 24.1 Å². The van der Waals surface area contributed by atoms with Crippen LogP contribution in [0.1, 0.15) is 33.1 Å². The van der Waals surface area contributed by atoms with Crippen molar-refractivity contribution in [1.29, 1.82) is 0 Å². The van der Waals surface area contributed by atoms with Gasteiger partial charge in [0.05, 0.1) is 0 Å². The normalized spacial score (nSPS) is 43.1. The molecule has 1 heterocycles. The fourth-order valence-electron chi connectivity index (χ4n) is 3.33. The van der Waals surface area contributed by atoms with Crippen LogP contribution >= 0.6 is 0 Å². The van der Waals surface area contributed by atoms with Crippen LogP contribution in [-0.2, 0) is 4.79 Å². The minimum Gasteiger partial charge on any atom is -0.480 e. The van der Waals surface area contributed by atoms with E-state index >= 15 is 0 Å². The van der Waals surface area contributed by atoms with E-state index in [-0.39, 0.29) is 0 Å². The number of hydrogen-bond acceptors (Lipinski definition) is 3. The van der Waals surface area contributed by atoms with Gasteiger partial charge >= 0.3 is 5.97 Å². The number of likely N-dealkylation sites (N-methyl/N-ethyl adjacent to an activating group) is 1. The lowest BCUT2D eigenvalue weighted by Crippen LogP contribution is -2.49. The van der Waals surface area contributed by atoms with Gasteiger partial charge in [0, 0.05) is 19.1 Å². The third kappa shape index (κ3) is 2.20. The topological polar surface area (TPSA) is 52.6 Å². The number of nitrogens with zero attached hydrogens (tertiary/aromatic N) is 1. The molecule has 1 aliphatic heterocycles. The molecule has 0 spiro atoms. The molecular weight excluding hydrogens is 216 g/mol. The van der Waals surface area contributed by atoms with E-state index in [0.29, 0.717) is 6.04 Å².